The first-order valence-corrected chi connectivity index (χ1v) is 10.8. The zero-order valence-electron chi connectivity index (χ0n) is 17.4. The first-order valence-electron chi connectivity index (χ1n) is 10.4. The molecular weight excluding hydrogens is 402 g/mol. The molecule has 2 aromatic carbocycles. The number of halogens is 1. The molecule has 0 saturated carbocycles. The molecule has 1 N–H and O–H groups in total. The van der Waals surface area contributed by atoms with E-state index in [0.717, 1.165) is 49.7 Å². The van der Waals surface area contributed by atoms with Crippen LogP contribution in [0.1, 0.15) is 12.0 Å². The van der Waals surface area contributed by atoms with Gasteiger partial charge in [0.25, 0.3) is 0 Å². The van der Waals surface area contributed by atoms with Crippen molar-refractivity contribution in [2.75, 3.05) is 51.3 Å². The molecule has 1 atom stereocenters. The molecule has 2 aromatic rings. The van der Waals surface area contributed by atoms with Crippen molar-refractivity contribution in [2.45, 2.75) is 18.9 Å². The lowest BCUT2D eigenvalue weighted by Gasteiger charge is -2.36. The van der Waals surface area contributed by atoms with Crippen LogP contribution in [-0.4, -0.2) is 63.4 Å². The second kappa shape index (κ2) is 11.9. The fraction of sp³-hybridized carbons (Fsp3) is 0.435. The van der Waals surface area contributed by atoms with E-state index in [2.05, 4.69) is 21.3 Å². The number of piperazine rings is 1. The van der Waals surface area contributed by atoms with Gasteiger partial charge in [-0.05, 0) is 30.2 Å². The highest BCUT2D eigenvalue weighted by atomic mass is 35.5. The summed E-state index contributed by atoms with van der Waals surface area (Å²) in [5, 5.41) is 0.775. The van der Waals surface area contributed by atoms with Gasteiger partial charge in [0, 0.05) is 49.9 Å². The van der Waals surface area contributed by atoms with Crippen molar-refractivity contribution in [3.63, 3.8) is 0 Å². The van der Waals surface area contributed by atoms with E-state index in [1.165, 1.54) is 12.8 Å². The maximum atomic E-state index is 12.0. The normalized spacial score (nSPS) is 15.7. The molecule has 1 aliphatic heterocycles. The molecule has 0 spiro atoms. The highest BCUT2D eigenvalue weighted by Crippen LogP contribution is 2.20. The van der Waals surface area contributed by atoms with E-state index in [0.29, 0.717) is 13.0 Å². The summed E-state index contributed by atoms with van der Waals surface area (Å²) >= 11 is 6.10. The quantitative estimate of drug-likeness (QED) is 0.354. The fourth-order valence-electron chi connectivity index (χ4n) is 3.59. The second-order valence-corrected chi connectivity index (χ2v) is 7.83. The maximum Gasteiger partial charge on any atom is 0.325 e. The lowest BCUT2D eigenvalue weighted by Crippen LogP contribution is -2.47. The maximum absolute atomic E-state index is 12.0. The third-order valence-corrected chi connectivity index (χ3v) is 5.50. The van der Waals surface area contributed by atoms with Gasteiger partial charge in [0.2, 0.25) is 0 Å². The van der Waals surface area contributed by atoms with Gasteiger partial charge in [-0.25, -0.2) is 0 Å². The minimum absolute atomic E-state index is 0.323. The number of hydroxylamine groups is 1. The molecule has 1 fully saturated rings. The minimum atomic E-state index is -0.515. The smallest absolute Gasteiger partial charge is 0.325 e. The van der Waals surface area contributed by atoms with Crippen molar-refractivity contribution in [1.29, 1.82) is 0 Å². The van der Waals surface area contributed by atoms with E-state index >= 15 is 0 Å². The van der Waals surface area contributed by atoms with E-state index in [4.69, 9.17) is 21.2 Å². The monoisotopic (exact) mass is 431 g/mol. The zero-order valence-corrected chi connectivity index (χ0v) is 18.2. The Hall–Kier alpha value is -2.12. The molecule has 1 aliphatic rings. The van der Waals surface area contributed by atoms with Gasteiger partial charge in [0.05, 0.1) is 13.7 Å². The van der Waals surface area contributed by atoms with Crippen LogP contribution in [0.4, 0.5) is 5.69 Å². The van der Waals surface area contributed by atoms with Gasteiger partial charge in [0.15, 0.2) is 0 Å². The predicted octanol–water partition coefficient (Wildman–Crippen LogP) is 3.16. The Balaban J connectivity index is 1.34. The second-order valence-electron chi connectivity index (χ2n) is 7.39. The van der Waals surface area contributed by atoms with E-state index < -0.39 is 6.04 Å². The molecule has 0 amide bonds. The Labute approximate surface area is 183 Å². The molecule has 0 bridgehead atoms. The third kappa shape index (κ3) is 6.99. The van der Waals surface area contributed by atoms with Crippen LogP contribution in [0.25, 0.3) is 0 Å². The molecule has 0 aliphatic carbocycles. The summed E-state index contributed by atoms with van der Waals surface area (Å²) in [6.07, 6.45) is 1.42. The highest BCUT2D eigenvalue weighted by molar-refractivity contribution is 6.30. The van der Waals surface area contributed by atoms with Crippen molar-refractivity contribution in [3.8, 4) is 0 Å². The number of carbonyl (C=O) groups excluding carboxylic acids is 1. The van der Waals surface area contributed by atoms with E-state index in [1.807, 2.05) is 48.5 Å². The van der Waals surface area contributed by atoms with E-state index in [1.54, 1.807) is 0 Å². The van der Waals surface area contributed by atoms with Crippen molar-refractivity contribution in [2.24, 2.45) is 0 Å². The molecule has 1 saturated heterocycles. The van der Waals surface area contributed by atoms with Crippen LogP contribution in [0.2, 0.25) is 5.02 Å². The summed E-state index contributed by atoms with van der Waals surface area (Å²) in [5.74, 6) is -0.323. The summed E-state index contributed by atoms with van der Waals surface area (Å²) in [6, 6.07) is 17.3. The summed E-state index contributed by atoms with van der Waals surface area (Å²) in [6.45, 7) is 5.50. The zero-order chi connectivity index (χ0) is 21.2. The Morgan fingerprint density at radius 3 is 2.57 bits per heavy atom. The average molecular weight is 432 g/mol. The van der Waals surface area contributed by atoms with Crippen molar-refractivity contribution in [1.82, 2.24) is 10.4 Å². The predicted molar refractivity (Wildman–Crippen MR) is 120 cm³/mol. The average Bonchev–Trinajstić information content (AvgIpc) is 2.78. The molecule has 7 heteroatoms. The lowest BCUT2D eigenvalue weighted by atomic mass is 10.1. The number of hydrogen-bond donors (Lipinski definition) is 1. The molecule has 0 radical (unpaired) electrons. The van der Waals surface area contributed by atoms with Crippen molar-refractivity contribution in [3.05, 3.63) is 65.2 Å². The summed E-state index contributed by atoms with van der Waals surface area (Å²) < 4.78 is 4.89. The number of nitrogens with zero attached hydrogens (tertiary/aromatic N) is 2. The molecule has 1 heterocycles. The number of methoxy groups -OCH3 is 1. The van der Waals surface area contributed by atoms with Crippen molar-refractivity contribution < 1.29 is 14.4 Å². The number of nitrogens with one attached hydrogen (secondary N) is 1. The standard InChI is InChI=1S/C23H30ClN3O3/c1-29-23(28)22(17-19-7-3-2-4-8-19)25-30-16-6-11-26-12-14-27(15-13-26)21-10-5-9-20(24)18-21/h2-5,7-10,18,22,25H,6,11-17H2,1H3/t22-/m0/s1. The number of esters is 1. The molecule has 3 rings (SSSR count). The molecular formula is C23H30ClN3O3. The largest absolute Gasteiger partial charge is 0.468 e. The van der Waals surface area contributed by atoms with Gasteiger partial charge in [-0.1, -0.05) is 48.0 Å². The first-order chi connectivity index (χ1) is 14.7. The highest BCUT2D eigenvalue weighted by Gasteiger charge is 2.20. The van der Waals surface area contributed by atoms with Crippen LogP contribution in [0.3, 0.4) is 0 Å². The lowest BCUT2D eigenvalue weighted by molar-refractivity contribution is -0.147. The van der Waals surface area contributed by atoms with Crippen LogP contribution >= 0.6 is 11.6 Å². The third-order valence-electron chi connectivity index (χ3n) is 5.26. The van der Waals surface area contributed by atoms with Crippen LogP contribution in [0.5, 0.6) is 0 Å². The van der Waals surface area contributed by atoms with Gasteiger partial charge >= 0.3 is 5.97 Å². The van der Waals surface area contributed by atoms with Gasteiger partial charge in [-0.2, -0.15) is 5.48 Å². The van der Waals surface area contributed by atoms with Crippen molar-refractivity contribution >= 4 is 23.3 Å². The first kappa shape index (κ1) is 22.6. The van der Waals surface area contributed by atoms with Crippen LogP contribution in [-0.2, 0) is 20.8 Å². The summed E-state index contributed by atoms with van der Waals surface area (Å²) in [7, 11) is 1.39. The van der Waals surface area contributed by atoms with E-state index in [9.17, 15) is 4.79 Å². The molecule has 0 unspecified atom stereocenters. The SMILES string of the molecule is COC(=O)[C@H](Cc1ccccc1)NOCCCN1CCN(c2cccc(Cl)c2)CC1. The van der Waals surface area contributed by atoms with E-state index in [-0.39, 0.29) is 5.97 Å². The number of carbonyl (C=O) groups is 1. The fourth-order valence-corrected chi connectivity index (χ4v) is 3.77. The Morgan fingerprint density at radius 1 is 1.10 bits per heavy atom. The van der Waals surface area contributed by atoms with Crippen LogP contribution in [0, 0.1) is 0 Å². The van der Waals surface area contributed by atoms with Gasteiger partial charge in [0.1, 0.15) is 6.04 Å². The summed E-state index contributed by atoms with van der Waals surface area (Å²) in [4.78, 5) is 22.4. The molecule has 30 heavy (non-hydrogen) atoms. The molecule has 162 valence electrons. The summed E-state index contributed by atoms with van der Waals surface area (Å²) in [5.41, 5.74) is 5.12. The molecule has 6 nitrogen and oxygen atoms in total. The Morgan fingerprint density at radius 2 is 1.87 bits per heavy atom. The van der Waals surface area contributed by atoms with Crippen LogP contribution < -0.4 is 10.4 Å². The Kier molecular flexibility index (Phi) is 8.96. The van der Waals surface area contributed by atoms with Crippen LogP contribution in [0.15, 0.2) is 54.6 Å². The van der Waals surface area contributed by atoms with Gasteiger partial charge in [-0.15, -0.1) is 0 Å². The Bertz CT molecular complexity index is 782. The number of anilines is 1. The number of rotatable bonds is 10. The number of hydrogen-bond acceptors (Lipinski definition) is 6. The minimum Gasteiger partial charge on any atom is -0.468 e. The topological polar surface area (TPSA) is 54.0 Å². The molecule has 0 aromatic heterocycles. The van der Waals surface area contributed by atoms with Gasteiger partial charge < -0.3 is 14.5 Å². The number of benzene rings is 2. The van der Waals surface area contributed by atoms with Gasteiger partial charge in [-0.3, -0.25) is 9.69 Å². The number of ether oxygens (including phenoxy) is 1.